The molecular weight excluding hydrogens is 400 g/mol. The lowest BCUT2D eigenvalue weighted by atomic mass is 10.0. The highest BCUT2D eigenvalue weighted by molar-refractivity contribution is 5.45. The van der Waals surface area contributed by atoms with Crippen LogP contribution in [0.4, 0.5) is 0 Å². The van der Waals surface area contributed by atoms with Crippen LogP contribution in [0.15, 0.2) is 85.8 Å². The molecule has 4 nitrogen and oxygen atoms in total. The maximum atomic E-state index is 5.75. The molecule has 0 fully saturated rings. The molecule has 0 bridgehead atoms. The number of hydrogen-bond donors (Lipinski definition) is 0. The maximum Gasteiger partial charge on any atom is 0.169 e. The van der Waals surface area contributed by atoms with Crippen LogP contribution >= 0.6 is 0 Å². The van der Waals surface area contributed by atoms with Crippen molar-refractivity contribution in [2.75, 3.05) is 0 Å². The van der Waals surface area contributed by atoms with E-state index in [0.717, 1.165) is 25.7 Å². The van der Waals surface area contributed by atoms with Crippen LogP contribution in [0.1, 0.15) is 51.7 Å². The van der Waals surface area contributed by atoms with Crippen molar-refractivity contribution >= 4 is 0 Å². The van der Waals surface area contributed by atoms with E-state index in [9.17, 15) is 0 Å². The van der Waals surface area contributed by atoms with Gasteiger partial charge in [-0.2, -0.15) is 0 Å². The Balaban J connectivity index is 2.00. The summed E-state index contributed by atoms with van der Waals surface area (Å²) in [5.74, 6) is 5.05. The van der Waals surface area contributed by atoms with Crippen molar-refractivity contribution in [3.63, 3.8) is 0 Å². The van der Waals surface area contributed by atoms with Crippen molar-refractivity contribution in [1.29, 1.82) is 0 Å². The zero-order valence-corrected chi connectivity index (χ0v) is 19.8. The zero-order chi connectivity index (χ0) is 23.7. The number of benzene rings is 2. The number of ether oxygens (including phenoxy) is 4. The minimum absolute atomic E-state index is 0.610. The highest BCUT2D eigenvalue weighted by Crippen LogP contribution is 2.33. The van der Waals surface area contributed by atoms with Gasteiger partial charge in [-0.1, -0.05) is 38.4 Å². The van der Waals surface area contributed by atoms with Gasteiger partial charge in [-0.25, -0.2) is 0 Å². The smallest absolute Gasteiger partial charge is 0.169 e. The van der Waals surface area contributed by atoms with E-state index in [1.807, 2.05) is 52.0 Å². The summed E-state index contributed by atoms with van der Waals surface area (Å²) < 4.78 is 22.8. The summed E-state index contributed by atoms with van der Waals surface area (Å²) in [7, 11) is 0. The van der Waals surface area contributed by atoms with Crippen LogP contribution in [-0.2, 0) is 12.8 Å². The first-order chi connectivity index (χ1) is 15.1. The Morgan fingerprint density at radius 3 is 1.16 bits per heavy atom. The summed E-state index contributed by atoms with van der Waals surface area (Å²) in [6.07, 6.45) is 3.94. The second-order valence-electron chi connectivity index (χ2n) is 7.99. The van der Waals surface area contributed by atoms with Gasteiger partial charge in [0.1, 0.15) is 0 Å². The Morgan fingerprint density at radius 1 is 0.531 bits per heavy atom. The largest absolute Gasteiger partial charge is 0.459 e. The predicted octanol–water partition coefficient (Wildman–Crippen LogP) is 7.90. The molecule has 4 heteroatoms. The van der Waals surface area contributed by atoms with Crippen LogP contribution in [0.2, 0.25) is 0 Å². The van der Waals surface area contributed by atoms with Gasteiger partial charge < -0.3 is 18.9 Å². The predicted molar refractivity (Wildman–Crippen MR) is 131 cm³/mol. The minimum Gasteiger partial charge on any atom is -0.459 e. The van der Waals surface area contributed by atoms with E-state index in [1.165, 1.54) is 11.1 Å². The first kappa shape index (κ1) is 24.9. The van der Waals surface area contributed by atoms with Crippen molar-refractivity contribution in [2.24, 2.45) is 0 Å². The standard InChI is InChI=1S/C28H34O4/c1-19(2)29-25-15-13-23(17-27(25)31-21(5)6)11-9-10-12-24-14-16-26(30-20(3)4)28(18-24)32-22(7)8/h13-18H,1,3,5,7,9-12H2,2,4,6,8H3. The maximum absolute atomic E-state index is 5.75. The molecule has 0 aliphatic rings. The van der Waals surface area contributed by atoms with Crippen molar-refractivity contribution in [1.82, 2.24) is 0 Å². The Bertz CT molecular complexity index is 919. The molecule has 2 aromatic carbocycles. The zero-order valence-electron chi connectivity index (χ0n) is 19.8. The number of aryl methyl sites for hydroxylation is 2. The average Bonchev–Trinajstić information content (AvgIpc) is 2.67. The topological polar surface area (TPSA) is 36.9 Å². The van der Waals surface area contributed by atoms with E-state index >= 15 is 0 Å². The van der Waals surface area contributed by atoms with E-state index in [-0.39, 0.29) is 0 Å². The third kappa shape index (κ3) is 8.38. The van der Waals surface area contributed by atoms with Crippen LogP contribution in [0.25, 0.3) is 0 Å². The molecule has 0 amide bonds. The van der Waals surface area contributed by atoms with Crippen molar-refractivity contribution < 1.29 is 18.9 Å². The van der Waals surface area contributed by atoms with Gasteiger partial charge in [0.15, 0.2) is 23.0 Å². The SMILES string of the molecule is C=C(C)Oc1ccc(CCCCc2ccc(OC(=C)C)c(OC(=C)C)c2)cc1OC(=C)C. The fourth-order valence-electron chi connectivity index (χ4n) is 3.15. The molecule has 170 valence electrons. The van der Waals surface area contributed by atoms with Crippen LogP contribution in [0.3, 0.4) is 0 Å². The van der Waals surface area contributed by atoms with E-state index in [4.69, 9.17) is 18.9 Å². The minimum atomic E-state index is 0.610. The molecule has 0 atom stereocenters. The van der Waals surface area contributed by atoms with E-state index in [0.29, 0.717) is 46.0 Å². The molecule has 0 saturated carbocycles. The number of unbranched alkanes of at least 4 members (excludes halogenated alkanes) is 1. The molecule has 2 aromatic rings. The van der Waals surface area contributed by atoms with Gasteiger partial charge in [-0.05, 0) is 88.8 Å². The summed E-state index contributed by atoms with van der Waals surface area (Å²) in [6, 6.07) is 12.0. The van der Waals surface area contributed by atoms with Gasteiger partial charge >= 0.3 is 0 Å². The van der Waals surface area contributed by atoms with Crippen LogP contribution in [-0.4, -0.2) is 0 Å². The lowest BCUT2D eigenvalue weighted by Crippen LogP contribution is -1.98. The van der Waals surface area contributed by atoms with Gasteiger partial charge in [0.2, 0.25) is 0 Å². The summed E-state index contributed by atoms with van der Waals surface area (Å²) in [5, 5.41) is 0. The van der Waals surface area contributed by atoms with Gasteiger partial charge in [0.25, 0.3) is 0 Å². The Hall–Kier alpha value is -3.40. The second-order valence-corrected chi connectivity index (χ2v) is 7.99. The highest BCUT2D eigenvalue weighted by Gasteiger charge is 2.10. The monoisotopic (exact) mass is 434 g/mol. The fourth-order valence-corrected chi connectivity index (χ4v) is 3.15. The first-order valence-corrected chi connectivity index (χ1v) is 10.7. The summed E-state index contributed by atoms with van der Waals surface area (Å²) in [4.78, 5) is 0. The molecule has 0 aliphatic carbocycles. The number of allylic oxidation sites excluding steroid dienone is 4. The third-order valence-corrected chi connectivity index (χ3v) is 4.33. The second kappa shape index (κ2) is 11.8. The molecule has 2 rings (SSSR count). The molecule has 0 aliphatic heterocycles. The van der Waals surface area contributed by atoms with Crippen molar-refractivity contribution in [3.05, 3.63) is 96.9 Å². The molecule has 0 radical (unpaired) electrons. The van der Waals surface area contributed by atoms with Gasteiger partial charge in [0.05, 0.1) is 23.0 Å². The highest BCUT2D eigenvalue weighted by atomic mass is 16.5. The van der Waals surface area contributed by atoms with Crippen LogP contribution in [0, 0.1) is 0 Å². The van der Waals surface area contributed by atoms with Crippen molar-refractivity contribution in [3.8, 4) is 23.0 Å². The quantitative estimate of drug-likeness (QED) is 0.237. The molecule has 0 saturated heterocycles. The molecule has 32 heavy (non-hydrogen) atoms. The van der Waals surface area contributed by atoms with E-state index in [1.54, 1.807) is 0 Å². The van der Waals surface area contributed by atoms with Crippen LogP contribution in [0.5, 0.6) is 23.0 Å². The third-order valence-electron chi connectivity index (χ3n) is 4.33. The Labute approximate surface area is 192 Å². The lowest BCUT2D eigenvalue weighted by Gasteiger charge is -2.14. The molecule has 0 heterocycles. The van der Waals surface area contributed by atoms with Crippen molar-refractivity contribution in [2.45, 2.75) is 53.4 Å². The lowest BCUT2D eigenvalue weighted by molar-refractivity contribution is 0.370. The average molecular weight is 435 g/mol. The van der Waals surface area contributed by atoms with E-state index < -0.39 is 0 Å². The van der Waals surface area contributed by atoms with Gasteiger partial charge in [0, 0.05) is 0 Å². The summed E-state index contributed by atoms with van der Waals surface area (Å²) >= 11 is 0. The summed E-state index contributed by atoms with van der Waals surface area (Å²) in [5.41, 5.74) is 2.37. The molecule has 0 unspecified atom stereocenters. The number of rotatable bonds is 13. The first-order valence-electron chi connectivity index (χ1n) is 10.7. The molecular formula is C28H34O4. The normalized spacial score (nSPS) is 10.2. The van der Waals surface area contributed by atoms with Crippen LogP contribution < -0.4 is 18.9 Å². The fraction of sp³-hybridized carbons (Fsp3) is 0.286. The van der Waals surface area contributed by atoms with Gasteiger partial charge in [-0.15, -0.1) is 0 Å². The van der Waals surface area contributed by atoms with Gasteiger partial charge in [-0.3, -0.25) is 0 Å². The molecule has 0 N–H and O–H groups in total. The molecule has 0 spiro atoms. The number of hydrogen-bond acceptors (Lipinski definition) is 4. The molecule has 0 aromatic heterocycles. The Kier molecular flexibility index (Phi) is 9.21. The van der Waals surface area contributed by atoms with E-state index in [2.05, 4.69) is 38.4 Å². The Morgan fingerprint density at radius 2 is 0.844 bits per heavy atom. The summed E-state index contributed by atoms with van der Waals surface area (Å²) in [6.45, 7) is 22.5.